The van der Waals surface area contributed by atoms with Gasteiger partial charge in [0.2, 0.25) is 11.8 Å². The van der Waals surface area contributed by atoms with Gasteiger partial charge in [-0.05, 0) is 43.5 Å². The third-order valence-electron chi connectivity index (χ3n) is 3.02. The van der Waals surface area contributed by atoms with Crippen molar-refractivity contribution in [3.05, 3.63) is 27.7 Å². The molecule has 0 saturated carbocycles. The summed E-state index contributed by atoms with van der Waals surface area (Å²) < 4.78 is 1.05. The molecule has 1 fully saturated rings. The molecule has 1 aliphatic rings. The van der Waals surface area contributed by atoms with Crippen LogP contribution in [0.15, 0.2) is 16.6 Å². The summed E-state index contributed by atoms with van der Waals surface area (Å²) in [5.41, 5.74) is 2.90. The molecular weight excluding hydrogens is 296 g/mol. The zero-order valence-corrected chi connectivity index (χ0v) is 11.9. The molecule has 18 heavy (non-hydrogen) atoms. The lowest BCUT2D eigenvalue weighted by molar-refractivity contribution is -0.122. The van der Waals surface area contributed by atoms with Gasteiger partial charge < -0.3 is 10.6 Å². The van der Waals surface area contributed by atoms with Gasteiger partial charge in [0.05, 0.1) is 0 Å². The van der Waals surface area contributed by atoms with Crippen molar-refractivity contribution in [2.45, 2.75) is 32.7 Å². The Morgan fingerprint density at radius 1 is 1.39 bits per heavy atom. The number of nitrogens with one attached hydrogen (secondary N) is 2. The summed E-state index contributed by atoms with van der Waals surface area (Å²) in [6.07, 6.45) is 0.996. The van der Waals surface area contributed by atoms with Crippen LogP contribution in [-0.4, -0.2) is 17.9 Å². The number of carbonyl (C=O) groups excluding carboxylic acids is 2. The second-order valence-electron chi connectivity index (χ2n) is 4.57. The molecule has 5 heteroatoms. The van der Waals surface area contributed by atoms with Crippen LogP contribution in [0.5, 0.6) is 0 Å². The summed E-state index contributed by atoms with van der Waals surface area (Å²) in [5, 5.41) is 5.49. The van der Waals surface area contributed by atoms with Gasteiger partial charge in [-0.1, -0.05) is 15.9 Å². The van der Waals surface area contributed by atoms with Crippen molar-refractivity contribution >= 4 is 33.4 Å². The summed E-state index contributed by atoms with van der Waals surface area (Å²) in [7, 11) is 0. The third-order valence-corrected chi connectivity index (χ3v) is 4.27. The number of rotatable bonds is 2. The molecule has 2 amide bonds. The van der Waals surface area contributed by atoms with Gasteiger partial charge in [-0.15, -0.1) is 0 Å². The van der Waals surface area contributed by atoms with Crippen molar-refractivity contribution in [3.8, 4) is 0 Å². The van der Waals surface area contributed by atoms with Crippen molar-refractivity contribution in [2.24, 2.45) is 0 Å². The van der Waals surface area contributed by atoms with Crippen molar-refractivity contribution in [3.63, 3.8) is 0 Å². The summed E-state index contributed by atoms with van der Waals surface area (Å²) >= 11 is 3.48. The number of anilines is 1. The van der Waals surface area contributed by atoms with E-state index in [2.05, 4.69) is 26.6 Å². The smallest absolute Gasteiger partial charge is 0.246 e. The molecule has 0 bridgehead atoms. The van der Waals surface area contributed by atoms with E-state index in [0.717, 1.165) is 21.3 Å². The highest BCUT2D eigenvalue weighted by Gasteiger charge is 2.27. The molecule has 1 saturated heterocycles. The summed E-state index contributed by atoms with van der Waals surface area (Å²) in [6.45, 7) is 3.95. The highest BCUT2D eigenvalue weighted by molar-refractivity contribution is 9.10. The second kappa shape index (κ2) is 5.10. The molecule has 0 aliphatic carbocycles. The number of hydrogen-bond donors (Lipinski definition) is 2. The van der Waals surface area contributed by atoms with E-state index in [1.165, 1.54) is 0 Å². The maximum Gasteiger partial charge on any atom is 0.246 e. The van der Waals surface area contributed by atoms with E-state index in [1.54, 1.807) is 0 Å². The molecule has 0 radical (unpaired) electrons. The predicted octanol–water partition coefficient (Wildman–Crippen LogP) is 2.28. The number of hydrogen-bond acceptors (Lipinski definition) is 2. The highest BCUT2D eigenvalue weighted by Crippen LogP contribution is 2.25. The van der Waals surface area contributed by atoms with E-state index < -0.39 is 6.04 Å². The SMILES string of the molecule is Cc1cc(NC(=O)[C@@H]2CCC(=O)N2)cc(C)c1Br. The van der Waals surface area contributed by atoms with E-state index >= 15 is 0 Å². The van der Waals surface area contributed by atoms with Gasteiger partial charge in [0.15, 0.2) is 0 Å². The van der Waals surface area contributed by atoms with Crippen molar-refractivity contribution < 1.29 is 9.59 Å². The van der Waals surface area contributed by atoms with E-state index in [-0.39, 0.29) is 11.8 Å². The first-order chi connectivity index (χ1) is 8.47. The summed E-state index contributed by atoms with van der Waals surface area (Å²) in [6, 6.07) is 3.42. The van der Waals surface area contributed by atoms with Gasteiger partial charge in [-0.2, -0.15) is 0 Å². The fourth-order valence-electron chi connectivity index (χ4n) is 2.06. The fourth-order valence-corrected chi connectivity index (χ4v) is 2.29. The average Bonchev–Trinajstić information content (AvgIpc) is 2.72. The molecule has 1 aliphatic heterocycles. The Hall–Kier alpha value is -1.36. The van der Waals surface area contributed by atoms with E-state index in [0.29, 0.717) is 12.8 Å². The summed E-state index contributed by atoms with van der Waals surface area (Å²) in [5.74, 6) is -0.208. The van der Waals surface area contributed by atoms with Crippen LogP contribution in [0.25, 0.3) is 0 Å². The second-order valence-corrected chi connectivity index (χ2v) is 5.37. The molecule has 0 aromatic heterocycles. The minimum atomic E-state index is -0.401. The number of carbonyl (C=O) groups is 2. The van der Waals surface area contributed by atoms with Gasteiger partial charge in [-0.3, -0.25) is 9.59 Å². The highest BCUT2D eigenvalue weighted by atomic mass is 79.9. The Bertz CT molecular complexity index is 491. The Kier molecular flexibility index (Phi) is 3.71. The standard InChI is InChI=1S/C13H15BrN2O2/c1-7-5-9(6-8(2)12(7)14)15-13(18)10-3-4-11(17)16-10/h5-6,10H,3-4H2,1-2H3,(H,15,18)(H,16,17)/t10-/m0/s1. The van der Waals surface area contributed by atoms with Crippen LogP contribution in [-0.2, 0) is 9.59 Å². The first kappa shape index (κ1) is 13.1. The van der Waals surface area contributed by atoms with Gasteiger partial charge >= 0.3 is 0 Å². The minimum absolute atomic E-state index is 0.0571. The monoisotopic (exact) mass is 310 g/mol. The van der Waals surface area contributed by atoms with Gasteiger partial charge in [0.1, 0.15) is 6.04 Å². The largest absolute Gasteiger partial charge is 0.344 e. The van der Waals surface area contributed by atoms with Crippen molar-refractivity contribution in [2.75, 3.05) is 5.32 Å². The molecule has 1 atom stereocenters. The maximum absolute atomic E-state index is 11.9. The Morgan fingerprint density at radius 3 is 2.50 bits per heavy atom. The average molecular weight is 311 g/mol. The first-order valence-electron chi connectivity index (χ1n) is 5.84. The first-order valence-corrected chi connectivity index (χ1v) is 6.63. The zero-order chi connectivity index (χ0) is 13.3. The Labute approximate surface area is 114 Å². The molecule has 2 rings (SSSR count). The lowest BCUT2D eigenvalue weighted by Crippen LogP contribution is -2.37. The molecular formula is C13H15BrN2O2. The molecule has 96 valence electrons. The zero-order valence-electron chi connectivity index (χ0n) is 10.3. The van der Waals surface area contributed by atoms with E-state index in [4.69, 9.17) is 0 Å². The van der Waals surface area contributed by atoms with Crippen molar-refractivity contribution in [1.29, 1.82) is 0 Å². The number of benzene rings is 1. The molecule has 2 N–H and O–H groups in total. The van der Waals surface area contributed by atoms with E-state index in [9.17, 15) is 9.59 Å². The number of halogens is 1. The Balaban J connectivity index is 2.10. The molecule has 1 heterocycles. The van der Waals surface area contributed by atoms with Crippen LogP contribution in [0, 0.1) is 13.8 Å². The predicted molar refractivity (Wildman–Crippen MR) is 73.4 cm³/mol. The van der Waals surface area contributed by atoms with Crippen LogP contribution >= 0.6 is 15.9 Å². The lowest BCUT2D eigenvalue weighted by Gasteiger charge is -2.13. The molecule has 4 nitrogen and oxygen atoms in total. The van der Waals surface area contributed by atoms with Gasteiger partial charge in [-0.25, -0.2) is 0 Å². The van der Waals surface area contributed by atoms with Crippen molar-refractivity contribution in [1.82, 2.24) is 5.32 Å². The lowest BCUT2D eigenvalue weighted by atomic mass is 10.1. The number of amides is 2. The van der Waals surface area contributed by atoms with Crippen LogP contribution < -0.4 is 10.6 Å². The van der Waals surface area contributed by atoms with Crippen LogP contribution in [0.2, 0.25) is 0 Å². The molecule has 0 unspecified atom stereocenters. The minimum Gasteiger partial charge on any atom is -0.344 e. The normalized spacial score (nSPS) is 18.6. The van der Waals surface area contributed by atoms with Crippen LogP contribution in [0.1, 0.15) is 24.0 Å². The number of aryl methyl sites for hydroxylation is 2. The fraction of sp³-hybridized carbons (Fsp3) is 0.385. The van der Waals surface area contributed by atoms with Gasteiger partial charge in [0.25, 0.3) is 0 Å². The topological polar surface area (TPSA) is 58.2 Å². The quantitative estimate of drug-likeness (QED) is 0.880. The van der Waals surface area contributed by atoms with Crippen LogP contribution in [0.4, 0.5) is 5.69 Å². The van der Waals surface area contributed by atoms with Crippen LogP contribution in [0.3, 0.4) is 0 Å². The summed E-state index contributed by atoms with van der Waals surface area (Å²) in [4.78, 5) is 23.0. The molecule has 0 spiro atoms. The maximum atomic E-state index is 11.9. The van der Waals surface area contributed by atoms with E-state index in [1.807, 2.05) is 26.0 Å². The third kappa shape index (κ3) is 2.72. The van der Waals surface area contributed by atoms with Gasteiger partial charge in [0, 0.05) is 16.6 Å². The molecule has 1 aromatic rings. The Morgan fingerprint density at radius 2 is 2.00 bits per heavy atom. The molecule has 1 aromatic carbocycles.